The molecule has 2 aliphatic rings. The molecular weight excluding hydrogens is 204 g/mol. The van der Waals surface area contributed by atoms with Crippen molar-refractivity contribution in [3.8, 4) is 0 Å². The van der Waals surface area contributed by atoms with Gasteiger partial charge in [-0.2, -0.15) is 11.8 Å². The fourth-order valence-corrected chi connectivity index (χ4v) is 4.51. The quantitative estimate of drug-likeness (QED) is 0.797. The lowest BCUT2D eigenvalue weighted by atomic mass is 10.00. The Morgan fingerprint density at radius 1 is 1.33 bits per heavy atom. The van der Waals surface area contributed by atoms with Gasteiger partial charge in [-0.25, -0.2) is 0 Å². The van der Waals surface area contributed by atoms with Crippen molar-refractivity contribution in [1.29, 1.82) is 0 Å². The van der Waals surface area contributed by atoms with E-state index in [-0.39, 0.29) is 0 Å². The van der Waals surface area contributed by atoms with Gasteiger partial charge >= 0.3 is 0 Å². The van der Waals surface area contributed by atoms with Gasteiger partial charge in [-0.1, -0.05) is 13.3 Å². The van der Waals surface area contributed by atoms with E-state index in [0.717, 1.165) is 24.5 Å². The highest BCUT2D eigenvalue weighted by Crippen LogP contribution is 2.33. The average molecular weight is 228 g/mol. The topological polar surface area (TPSA) is 29.3 Å². The van der Waals surface area contributed by atoms with Crippen LogP contribution in [-0.4, -0.2) is 41.6 Å². The van der Waals surface area contributed by atoms with E-state index in [1.807, 2.05) is 0 Å². The third-order valence-electron chi connectivity index (χ3n) is 4.09. The molecule has 0 aromatic heterocycles. The van der Waals surface area contributed by atoms with Gasteiger partial charge in [0.2, 0.25) is 0 Å². The minimum atomic E-state index is 0.774. The molecule has 1 saturated heterocycles. The molecule has 2 N–H and O–H groups in total. The minimum absolute atomic E-state index is 0.774. The summed E-state index contributed by atoms with van der Waals surface area (Å²) in [4.78, 5) is 2.75. The lowest BCUT2D eigenvalue weighted by Crippen LogP contribution is -2.46. The van der Waals surface area contributed by atoms with Crippen LogP contribution in [0.3, 0.4) is 0 Å². The van der Waals surface area contributed by atoms with Gasteiger partial charge in [-0.3, -0.25) is 4.90 Å². The van der Waals surface area contributed by atoms with Crippen molar-refractivity contribution >= 4 is 11.8 Å². The van der Waals surface area contributed by atoms with Crippen molar-refractivity contribution in [1.82, 2.24) is 4.90 Å². The molecule has 1 aliphatic carbocycles. The third-order valence-corrected chi connectivity index (χ3v) is 5.23. The van der Waals surface area contributed by atoms with E-state index >= 15 is 0 Å². The van der Waals surface area contributed by atoms with Crippen molar-refractivity contribution < 1.29 is 0 Å². The lowest BCUT2D eigenvalue weighted by molar-refractivity contribution is 0.126. The van der Waals surface area contributed by atoms with E-state index in [0.29, 0.717) is 0 Å². The van der Waals surface area contributed by atoms with Crippen LogP contribution in [0, 0.1) is 5.92 Å². The molecule has 88 valence electrons. The highest BCUT2D eigenvalue weighted by atomic mass is 32.2. The molecule has 0 bridgehead atoms. The maximum absolute atomic E-state index is 5.88. The molecule has 0 spiro atoms. The Bertz CT molecular complexity index is 192. The summed E-state index contributed by atoms with van der Waals surface area (Å²) in [7, 11) is 0. The third kappa shape index (κ3) is 2.51. The first-order valence-corrected chi connectivity index (χ1v) is 7.55. The maximum atomic E-state index is 5.88. The zero-order valence-electron chi connectivity index (χ0n) is 9.82. The molecule has 0 aromatic rings. The van der Waals surface area contributed by atoms with Gasteiger partial charge in [-0.15, -0.1) is 0 Å². The van der Waals surface area contributed by atoms with Gasteiger partial charge in [0, 0.05) is 17.8 Å². The standard InChI is InChI=1S/C12H24N2S/c1-2-14(11-6-7-15-9-11)12-5-3-4-10(12)8-13/h10-12H,2-9,13H2,1H3. The summed E-state index contributed by atoms with van der Waals surface area (Å²) in [6.45, 7) is 4.42. The van der Waals surface area contributed by atoms with Gasteiger partial charge in [0.05, 0.1) is 0 Å². The summed E-state index contributed by atoms with van der Waals surface area (Å²) in [5, 5.41) is 0. The van der Waals surface area contributed by atoms with Gasteiger partial charge in [0.15, 0.2) is 0 Å². The predicted octanol–water partition coefficient (Wildman–Crippen LogP) is 1.94. The van der Waals surface area contributed by atoms with Crippen LogP contribution < -0.4 is 5.73 Å². The van der Waals surface area contributed by atoms with E-state index in [4.69, 9.17) is 5.73 Å². The maximum Gasteiger partial charge on any atom is 0.0197 e. The fourth-order valence-electron chi connectivity index (χ4n) is 3.28. The molecule has 2 nitrogen and oxygen atoms in total. The summed E-state index contributed by atoms with van der Waals surface area (Å²) >= 11 is 2.12. The Labute approximate surface area is 98.0 Å². The van der Waals surface area contributed by atoms with Gasteiger partial charge in [0.25, 0.3) is 0 Å². The summed E-state index contributed by atoms with van der Waals surface area (Å²) in [6, 6.07) is 1.64. The summed E-state index contributed by atoms with van der Waals surface area (Å²) in [5.41, 5.74) is 5.88. The Morgan fingerprint density at radius 3 is 2.80 bits per heavy atom. The van der Waals surface area contributed by atoms with Gasteiger partial charge in [0.1, 0.15) is 0 Å². The van der Waals surface area contributed by atoms with Crippen LogP contribution in [0.4, 0.5) is 0 Å². The second-order valence-electron chi connectivity index (χ2n) is 4.84. The summed E-state index contributed by atoms with van der Waals surface area (Å²) in [6.07, 6.45) is 5.53. The lowest BCUT2D eigenvalue weighted by Gasteiger charge is -2.36. The van der Waals surface area contributed by atoms with Crippen LogP contribution in [0.2, 0.25) is 0 Å². The van der Waals surface area contributed by atoms with Crippen LogP contribution in [0.15, 0.2) is 0 Å². The van der Waals surface area contributed by atoms with Crippen molar-refractivity contribution in [3.63, 3.8) is 0 Å². The number of hydrogen-bond donors (Lipinski definition) is 1. The van der Waals surface area contributed by atoms with Crippen molar-refractivity contribution in [3.05, 3.63) is 0 Å². The molecule has 3 heteroatoms. The Kier molecular flexibility index (Phi) is 4.35. The number of hydrogen-bond acceptors (Lipinski definition) is 3. The molecule has 1 saturated carbocycles. The Hall–Kier alpha value is 0.270. The number of nitrogens with zero attached hydrogens (tertiary/aromatic N) is 1. The van der Waals surface area contributed by atoms with E-state index in [1.165, 1.54) is 43.7 Å². The zero-order valence-corrected chi connectivity index (χ0v) is 10.6. The Balaban J connectivity index is 1.98. The number of rotatable bonds is 4. The van der Waals surface area contributed by atoms with E-state index in [1.54, 1.807) is 0 Å². The van der Waals surface area contributed by atoms with E-state index in [9.17, 15) is 0 Å². The summed E-state index contributed by atoms with van der Waals surface area (Å²) in [5.74, 6) is 3.48. The van der Waals surface area contributed by atoms with Crippen molar-refractivity contribution in [2.75, 3.05) is 24.6 Å². The molecule has 0 amide bonds. The molecular formula is C12H24N2S. The monoisotopic (exact) mass is 228 g/mol. The molecule has 0 aromatic carbocycles. The second kappa shape index (κ2) is 5.55. The molecule has 1 heterocycles. The first-order chi connectivity index (χ1) is 7.36. The molecule has 1 aliphatic heterocycles. The number of thioether (sulfide) groups is 1. The SMILES string of the molecule is CCN(C1CCSC1)C1CCCC1CN. The first-order valence-electron chi connectivity index (χ1n) is 6.40. The van der Waals surface area contributed by atoms with Crippen LogP contribution in [-0.2, 0) is 0 Å². The van der Waals surface area contributed by atoms with Gasteiger partial charge < -0.3 is 5.73 Å². The molecule has 0 radical (unpaired) electrons. The molecule has 2 rings (SSSR count). The van der Waals surface area contributed by atoms with Crippen LogP contribution in [0.5, 0.6) is 0 Å². The largest absolute Gasteiger partial charge is 0.330 e. The molecule has 2 fully saturated rings. The van der Waals surface area contributed by atoms with Crippen molar-refractivity contribution in [2.24, 2.45) is 11.7 Å². The van der Waals surface area contributed by atoms with Crippen LogP contribution >= 0.6 is 11.8 Å². The molecule has 3 unspecified atom stereocenters. The van der Waals surface area contributed by atoms with Crippen LogP contribution in [0.25, 0.3) is 0 Å². The van der Waals surface area contributed by atoms with E-state index in [2.05, 4.69) is 23.6 Å². The van der Waals surface area contributed by atoms with Crippen LogP contribution in [0.1, 0.15) is 32.6 Å². The smallest absolute Gasteiger partial charge is 0.0197 e. The van der Waals surface area contributed by atoms with Gasteiger partial charge in [-0.05, 0) is 44.0 Å². The van der Waals surface area contributed by atoms with E-state index < -0.39 is 0 Å². The summed E-state index contributed by atoms with van der Waals surface area (Å²) < 4.78 is 0. The average Bonchev–Trinajstić information content (AvgIpc) is 2.89. The molecule has 15 heavy (non-hydrogen) atoms. The highest BCUT2D eigenvalue weighted by molar-refractivity contribution is 7.99. The normalized spacial score (nSPS) is 36.6. The minimum Gasteiger partial charge on any atom is -0.330 e. The zero-order chi connectivity index (χ0) is 10.7. The Morgan fingerprint density at radius 2 is 2.20 bits per heavy atom. The number of nitrogens with two attached hydrogens (primary N) is 1. The first kappa shape index (κ1) is 11.7. The van der Waals surface area contributed by atoms with Crippen molar-refractivity contribution in [2.45, 2.75) is 44.7 Å². The predicted molar refractivity (Wildman–Crippen MR) is 68.3 cm³/mol. The molecule has 3 atom stereocenters. The highest BCUT2D eigenvalue weighted by Gasteiger charge is 2.34. The second-order valence-corrected chi connectivity index (χ2v) is 5.99. The fraction of sp³-hybridized carbons (Fsp3) is 1.00.